The van der Waals surface area contributed by atoms with E-state index in [1.165, 1.54) is 6.21 Å². The van der Waals surface area contributed by atoms with Crippen LogP contribution in [0.15, 0.2) is 131 Å². The molecule has 0 spiro atoms. The van der Waals surface area contributed by atoms with Crippen LogP contribution in [-0.2, 0) is 9.59 Å². The molecule has 0 aromatic heterocycles. The van der Waals surface area contributed by atoms with Crippen LogP contribution in [0.2, 0.25) is 0 Å². The highest BCUT2D eigenvalue weighted by atomic mass is 79.9. The average Bonchev–Trinajstić information content (AvgIpc) is 3.05. The van der Waals surface area contributed by atoms with Crippen molar-refractivity contribution in [3.63, 3.8) is 0 Å². The lowest BCUT2D eigenvalue weighted by atomic mass is 9.99. The highest BCUT2D eigenvalue weighted by molar-refractivity contribution is 9.09. The maximum Gasteiger partial charge on any atom is 0.259 e. The maximum absolute atomic E-state index is 11.5. The van der Waals surface area contributed by atoms with Gasteiger partial charge in [0, 0.05) is 17.5 Å². The number of alkyl halides is 1. The zero-order chi connectivity index (χ0) is 31.3. The first-order chi connectivity index (χ1) is 20.9. The SMILES string of the molecule is C#CCBr.C#CCC(N=C(c1ccccc1)c1ccccc1)C(N)=O.NC(=O)C=NC(c1ccccc1)c1ccccc1. The van der Waals surface area contributed by atoms with Crippen LogP contribution in [0.5, 0.6) is 0 Å². The summed E-state index contributed by atoms with van der Waals surface area (Å²) < 4.78 is 0. The minimum atomic E-state index is -0.717. The zero-order valence-corrected chi connectivity index (χ0v) is 25.2. The molecule has 0 saturated heterocycles. The molecule has 1 unspecified atom stereocenters. The average molecular weight is 634 g/mol. The number of nitrogens with zero attached hydrogens (tertiary/aromatic N) is 2. The van der Waals surface area contributed by atoms with Crippen LogP contribution in [0.1, 0.15) is 34.7 Å². The number of benzene rings is 4. The lowest BCUT2D eigenvalue weighted by Gasteiger charge is -2.12. The number of carbonyl (C=O) groups is 2. The fourth-order valence-corrected chi connectivity index (χ4v) is 3.77. The van der Waals surface area contributed by atoms with E-state index in [0.29, 0.717) is 5.33 Å². The number of aliphatic imine (C=N–C) groups is 2. The number of halogens is 1. The highest BCUT2D eigenvalue weighted by Gasteiger charge is 2.16. The molecule has 6 nitrogen and oxygen atoms in total. The van der Waals surface area contributed by atoms with E-state index in [0.717, 1.165) is 28.0 Å². The Kier molecular flexibility index (Phi) is 15.6. The van der Waals surface area contributed by atoms with Gasteiger partial charge in [0.05, 0.1) is 17.3 Å². The Morgan fingerprint density at radius 1 is 0.721 bits per heavy atom. The fourth-order valence-electron chi connectivity index (χ4n) is 3.77. The van der Waals surface area contributed by atoms with E-state index in [1.54, 1.807) is 0 Å². The molecule has 0 fully saturated rings. The van der Waals surface area contributed by atoms with Crippen molar-refractivity contribution < 1.29 is 9.59 Å². The van der Waals surface area contributed by atoms with Gasteiger partial charge in [-0.1, -0.05) is 143 Å². The van der Waals surface area contributed by atoms with Crippen LogP contribution in [-0.4, -0.2) is 35.1 Å². The Bertz CT molecular complexity index is 1460. The Morgan fingerprint density at radius 2 is 1.12 bits per heavy atom. The molecule has 0 aliphatic carbocycles. The summed E-state index contributed by atoms with van der Waals surface area (Å²) in [5.74, 6) is 3.75. The van der Waals surface area contributed by atoms with E-state index >= 15 is 0 Å². The Labute approximate surface area is 262 Å². The van der Waals surface area contributed by atoms with Crippen molar-refractivity contribution in [3.05, 3.63) is 144 Å². The molecule has 4 N–H and O–H groups in total. The molecule has 0 bridgehead atoms. The van der Waals surface area contributed by atoms with Gasteiger partial charge in [-0.25, -0.2) is 0 Å². The maximum atomic E-state index is 11.5. The summed E-state index contributed by atoms with van der Waals surface area (Å²) in [4.78, 5) is 31.1. The van der Waals surface area contributed by atoms with Crippen molar-refractivity contribution in [2.45, 2.75) is 18.5 Å². The number of nitrogens with two attached hydrogens (primary N) is 2. The van der Waals surface area contributed by atoms with Gasteiger partial charge >= 0.3 is 0 Å². The Hall–Kier alpha value is -5.24. The standard InChI is InChI=1S/C18H16N2O.C15H14N2O.C3H3Br/c1-2-9-16(18(19)21)20-17(14-10-5-3-6-11-14)15-12-7-4-8-13-15;16-14(18)11-17-15(12-7-3-1-4-8-12)13-9-5-2-6-10-13;1-2-3-4/h1,3-8,10-13,16H,9H2,(H2,19,21);1-11,15H,(H2,16,18);1H,3H2. The van der Waals surface area contributed by atoms with Crippen LogP contribution >= 0.6 is 15.9 Å². The number of hydrogen-bond donors (Lipinski definition) is 2. The molecule has 7 heteroatoms. The second-order valence-electron chi connectivity index (χ2n) is 8.78. The highest BCUT2D eigenvalue weighted by Crippen LogP contribution is 2.25. The summed E-state index contributed by atoms with van der Waals surface area (Å²) in [5.41, 5.74) is 15.1. The van der Waals surface area contributed by atoms with Gasteiger partial charge in [0.1, 0.15) is 12.1 Å². The molecule has 4 aromatic carbocycles. The predicted octanol–water partition coefficient (Wildman–Crippen LogP) is 5.75. The lowest BCUT2D eigenvalue weighted by molar-refractivity contribution is -0.119. The van der Waals surface area contributed by atoms with E-state index in [1.807, 2.05) is 121 Å². The van der Waals surface area contributed by atoms with E-state index < -0.39 is 17.9 Å². The molecule has 0 saturated carbocycles. The fraction of sp³-hybridized carbons (Fsp3) is 0.111. The molecular weight excluding hydrogens is 600 g/mol. The smallest absolute Gasteiger partial charge is 0.259 e. The number of carbonyl (C=O) groups excluding carboxylic acids is 2. The van der Waals surface area contributed by atoms with Gasteiger partial charge < -0.3 is 11.5 Å². The minimum Gasteiger partial charge on any atom is -0.368 e. The van der Waals surface area contributed by atoms with Gasteiger partial charge in [-0.05, 0) is 11.1 Å². The molecule has 1 atom stereocenters. The van der Waals surface area contributed by atoms with Crippen LogP contribution < -0.4 is 11.5 Å². The summed E-state index contributed by atoms with van der Waals surface area (Å²) >= 11 is 3.01. The lowest BCUT2D eigenvalue weighted by Crippen LogP contribution is -2.28. The van der Waals surface area contributed by atoms with Gasteiger partial charge in [0.25, 0.3) is 5.91 Å². The first-order valence-electron chi connectivity index (χ1n) is 13.2. The largest absolute Gasteiger partial charge is 0.368 e. The van der Waals surface area contributed by atoms with Gasteiger partial charge in [0.2, 0.25) is 5.91 Å². The molecule has 4 rings (SSSR count). The second kappa shape index (κ2) is 19.8. The Morgan fingerprint density at radius 3 is 1.44 bits per heavy atom. The van der Waals surface area contributed by atoms with Crippen molar-refractivity contribution in [1.29, 1.82) is 0 Å². The van der Waals surface area contributed by atoms with Crippen molar-refractivity contribution >= 4 is 39.7 Å². The van der Waals surface area contributed by atoms with Gasteiger partial charge in [0.15, 0.2) is 0 Å². The normalized spacial score (nSPS) is 10.5. The third-order valence-corrected chi connectivity index (χ3v) is 6.00. The third kappa shape index (κ3) is 12.4. The van der Waals surface area contributed by atoms with E-state index in [4.69, 9.17) is 24.3 Å². The van der Waals surface area contributed by atoms with Crippen LogP contribution in [0, 0.1) is 24.7 Å². The van der Waals surface area contributed by atoms with E-state index in [-0.39, 0.29) is 12.5 Å². The summed E-state index contributed by atoms with van der Waals surface area (Å²) in [6, 6.07) is 38.0. The van der Waals surface area contributed by atoms with Crippen LogP contribution in [0.4, 0.5) is 0 Å². The predicted molar refractivity (Wildman–Crippen MR) is 180 cm³/mol. The summed E-state index contributed by atoms with van der Waals surface area (Å²) in [6.07, 6.45) is 11.4. The molecule has 2 amide bonds. The van der Waals surface area contributed by atoms with Gasteiger partial charge in [-0.3, -0.25) is 19.6 Å². The summed E-state index contributed by atoms with van der Waals surface area (Å²) in [5, 5.41) is 0.660. The van der Waals surface area contributed by atoms with E-state index in [2.05, 4.69) is 37.8 Å². The number of rotatable bonds is 9. The van der Waals surface area contributed by atoms with Crippen molar-refractivity contribution in [2.24, 2.45) is 21.5 Å². The van der Waals surface area contributed by atoms with Crippen LogP contribution in [0.25, 0.3) is 0 Å². The Balaban J connectivity index is 0.000000269. The summed E-state index contributed by atoms with van der Waals surface area (Å²) in [7, 11) is 0. The van der Waals surface area contributed by atoms with Crippen molar-refractivity contribution in [3.8, 4) is 24.7 Å². The zero-order valence-electron chi connectivity index (χ0n) is 23.6. The molecule has 43 heavy (non-hydrogen) atoms. The second-order valence-corrected chi connectivity index (χ2v) is 9.34. The van der Waals surface area contributed by atoms with Gasteiger partial charge in [-0.15, -0.1) is 18.8 Å². The molecule has 0 radical (unpaired) electrons. The molecular formula is C36H33BrN4O2. The minimum absolute atomic E-state index is 0.193. The molecule has 216 valence electrons. The van der Waals surface area contributed by atoms with E-state index in [9.17, 15) is 9.59 Å². The number of primary amides is 2. The third-order valence-electron chi connectivity index (χ3n) is 5.68. The first kappa shape index (κ1) is 34.0. The molecule has 0 heterocycles. The first-order valence-corrected chi connectivity index (χ1v) is 14.4. The molecule has 0 aliphatic heterocycles. The molecule has 0 aliphatic rings. The topological polar surface area (TPSA) is 111 Å². The van der Waals surface area contributed by atoms with Crippen molar-refractivity contribution in [1.82, 2.24) is 0 Å². The molecule has 4 aromatic rings. The monoisotopic (exact) mass is 632 g/mol. The summed E-state index contributed by atoms with van der Waals surface area (Å²) in [6.45, 7) is 0. The van der Waals surface area contributed by atoms with Crippen molar-refractivity contribution in [2.75, 3.05) is 5.33 Å². The quantitative estimate of drug-likeness (QED) is 0.139. The number of terminal acetylenes is 2. The number of amides is 2. The van der Waals surface area contributed by atoms with Gasteiger partial charge in [-0.2, -0.15) is 0 Å². The number of hydrogen-bond acceptors (Lipinski definition) is 4. The van der Waals surface area contributed by atoms with Crippen LogP contribution in [0.3, 0.4) is 0 Å².